The molecule has 2 fully saturated rings. The largest absolute Gasteiger partial charge is 0.356 e. The van der Waals surface area contributed by atoms with E-state index in [9.17, 15) is 8.42 Å². The summed E-state index contributed by atoms with van der Waals surface area (Å²) in [7, 11) is -1.79. The number of nitrogens with one attached hydrogen (secondary N) is 1. The van der Waals surface area contributed by atoms with Crippen LogP contribution in [0.2, 0.25) is 0 Å². The average Bonchev–Trinajstić information content (AvgIpc) is 2.97. The highest BCUT2D eigenvalue weighted by atomic mass is 127. The Balaban J connectivity index is 0.00000225. The minimum absolute atomic E-state index is 0. The maximum absolute atomic E-state index is 11.3. The molecule has 8 heteroatoms. The smallest absolute Gasteiger partial charge is 0.238 e. The van der Waals surface area contributed by atoms with Gasteiger partial charge in [-0.05, 0) is 48.8 Å². The number of sulfonamides is 1. The van der Waals surface area contributed by atoms with Crippen molar-refractivity contribution in [3.05, 3.63) is 29.8 Å². The number of rotatable bonds is 4. The first-order valence-corrected chi connectivity index (χ1v) is 10.0. The van der Waals surface area contributed by atoms with Gasteiger partial charge in [-0.15, -0.1) is 24.0 Å². The van der Waals surface area contributed by atoms with Crippen molar-refractivity contribution in [3.63, 3.8) is 0 Å². The van der Waals surface area contributed by atoms with E-state index in [1.165, 1.54) is 25.7 Å². The van der Waals surface area contributed by atoms with E-state index in [2.05, 4.69) is 15.2 Å². The number of likely N-dealkylation sites (tertiary alicyclic amines) is 1. The molecule has 1 aromatic carbocycles. The van der Waals surface area contributed by atoms with E-state index < -0.39 is 10.0 Å². The van der Waals surface area contributed by atoms with Gasteiger partial charge in [-0.3, -0.25) is 4.99 Å². The number of aliphatic imine (C=N–C) groups is 1. The normalized spacial score (nSPS) is 19.4. The first-order valence-electron chi connectivity index (χ1n) is 8.49. The molecule has 0 amide bonds. The Morgan fingerprint density at radius 2 is 1.96 bits per heavy atom. The van der Waals surface area contributed by atoms with Gasteiger partial charge in [0.1, 0.15) is 0 Å². The molecule has 6 nitrogen and oxygen atoms in total. The Labute approximate surface area is 167 Å². The van der Waals surface area contributed by atoms with Crippen LogP contribution in [0, 0.1) is 5.41 Å². The van der Waals surface area contributed by atoms with Gasteiger partial charge >= 0.3 is 0 Å². The molecule has 0 radical (unpaired) electrons. The van der Waals surface area contributed by atoms with E-state index in [1.807, 2.05) is 19.2 Å². The Kier molecular flexibility index (Phi) is 6.72. The topological polar surface area (TPSA) is 87.8 Å². The fourth-order valence-electron chi connectivity index (χ4n) is 3.70. The van der Waals surface area contributed by atoms with Crippen LogP contribution in [-0.2, 0) is 16.4 Å². The molecule has 0 unspecified atom stereocenters. The van der Waals surface area contributed by atoms with Crippen molar-refractivity contribution in [2.24, 2.45) is 15.5 Å². The van der Waals surface area contributed by atoms with Crippen LogP contribution in [0.5, 0.6) is 0 Å². The molecule has 3 rings (SSSR count). The monoisotopic (exact) mass is 478 g/mol. The van der Waals surface area contributed by atoms with Crippen LogP contribution in [0.1, 0.15) is 31.2 Å². The summed E-state index contributed by atoms with van der Waals surface area (Å²) in [4.78, 5) is 6.92. The Morgan fingerprint density at radius 3 is 2.44 bits per heavy atom. The molecule has 0 atom stereocenters. The maximum atomic E-state index is 11.3. The molecule has 3 N–H and O–H groups in total. The van der Waals surface area contributed by atoms with Gasteiger partial charge in [0.2, 0.25) is 10.0 Å². The Bertz CT molecular complexity index is 715. The Hall–Kier alpha value is -0.870. The second-order valence-electron chi connectivity index (χ2n) is 6.94. The van der Waals surface area contributed by atoms with Gasteiger partial charge in [0, 0.05) is 26.7 Å². The zero-order valence-corrected chi connectivity index (χ0v) is 17.7. The molecule has 0 bridgehead atoms. The lowest BCUT2D eigenvalue weighted by atomic mass is 9.68. The van der Waals surface area contributed by atoms with E-state index in [1.54, 1.807) is 12.1 Å². The maximum Gasteiger partial charge on any atom is 0.238 e. The number of nitrogens with two attached hydrogens (primary N) is 1. The van der Waals surface area contributed by atoms with Crippen molar-refractivity contribution in [2.75, 3.05) is 26.7 Å². The van der Waals surface area contributed by atoms with E-state index in [0.717, 1.165) is 37.6 Å². The lowest BCUT2D eigenvalue weighted by molar-refractivity contribution is 0.151. The summed E-state index contributed by atoms with van der Waals surface area (Å²) in [5.74, 6) is 0.972. The lowest BCUT2D eigenvalue weighted by Crippen LogP contribution is -2.43. The third kappa shape index (κ3) is 4.85. The summed E-state index contributed by atoms with van der Waals surface area (Å²) in [6.45, 7) is 2.98. The minimum atomic E-state index is -3.62. The second kappa shape index (κ2) is 8.22. The van der Waals surface area contributed by atoms with Crippen molar-refractivity contribution < 1.29 is 8.42 Å². The van der Waals surface area contributed by atoms with Crippen LogP contribution in [0.4, 0.5) is 0 Å². The van der Waals surface area contributed by atoms with E-state index in [-0.39, 0.29) is 28.9 Å². The summed E-state index contributed by atoms with van der Waals surface area (Å²) in [5, 5.41) is 8.53. The third-order valence-corrected chi connectivity index (χ3v) is 6.24. The number of hydrogen-bond donors (Lipinski definition) is 2. The second-order valence-corrected chi connectivity index (χ2v) is 8.50. The van der Waals surface area contributed by atoms with Gasteiger partial charge in [0.05, 0.1) is 4.90 Å². The first kappa shape index (κ1) is 20.4. The number of nitrogens with zero attached hydrogens (tertiary/aromatic N) is 2. The van der Waals surface area contributed by atoms with E-state index in [0.29, 0.717) is 5.41 Å². The van der Waals surface area contributed by atoms with Gasteiger partial charge in [-0.2, -0.15) is 0 Å². The molecule has 1 aliphatic heterocycles. The van der Waals surface area contributed by atoms with Crippen molar-refractivity contribution >= 4 is 40.0 Å². The van der Waals surface area contributed by atoms with Gasteiger partial charge < -0.3 is 10.2 Å². The number of hydrogen-bond acceptors (Lipinski definition) is 3. The molecule has 1 spiro atoms. The fraction of sp³-hybridized carbons (Fsp3) is 0.588. The number of benzene rings is 1. The minimum Gasteiger partial charge on any atom is -0.356 e. The first-order chi connectivity index (χ1) is 11.4. The van der Waals surface area contributed by atoms with Gasteiger partial charge in [0.25, 0.3) is 0 Å². The average molecular weight is 478 g/mol. The summed E-state index contributed by atoms with van der Waals surface area (Å²) in [6.07, 6.45) is 6.17. The summed E-state index contributed by atoms with van der Waals surface area (Å²) < 4.78 is 22.5. The van der Waals surface area contributed by atoms with Crippen LogP contribution in [0.3, 0.4) is 0 Å². The number of guanidine groups is 1. The zero-order valence-electron chi connectivity index (χ0n) is 14.6. The molecule has 1 aromatic rings. The highest BCUT2D eigenvalue weighted by molar-refractivity contribution is 14.0. The van der Waals surface area contributed by atoms with Crippen LogP contribution >= 0.6 is 24.0 Å². The predicted molar refractivity (Wildman–Crippen MR) is 111 cm³/mol. The van der Waals surface area contributed by atoms with Crippen molar-refractivity contribution in [3.8, 4) is 0 Å². The SMILES string of the molecule is CN=C(NCCc1ccc(S(N)(=O)=O)cc1)N1CCC2(CCC2)C1.I. The molecular formula is C17H27IN4O2S. The highest BCUT2D eigenvalue weighted by Crippen LogP contribution is 2.47. The molecule has 1 aliphatic carbocycles. The predicted octanol–water partition coefficient (Wildman–Crippen LogP) is 1.95. The van der Waals surface area contributed by atoms with Crippen LogP contribution in [0.15, 0.2) is 34.2 Å². The lowest BCUT2D eigenvalue weighted by Gasteiger charge is -2.38. The number of halogens is 1. The fourth-order valence-corrected chi connectivity index (χ4v) is 4.21. The molecular weight excluding hydrogens is 451 g/mol. The quantitative estimate of drug-likeness (QED) is 0.394. The molecule has 25 heavy (non-hydrogen) atoms. The molecule has 1 saturated carbocycles. The van der Waals surface area contributed by atoms with Crippen molar-refractivity contribution in [1.82, 2.24) is 10.2 Å². The van der Waals surface area contributed by atoms with E-state index in [4.69, 9.17) is 5.14 Å². The van der Waals surface area contributed by atoms with Crippen molar-refractivity contribution in [2.45, 2.75) is 37.0 Å². The Morgan fingerprint density at radius 1 is 1.28 bits per heavy atom. The summed E-state index contributed by atoms with van der Waals surface area (Å²) in [5.41, 5.74) is 1.63. The summed E-state index contributed by atoms with van der Waals surface area (Å²) >= 11 is 0. The van der Waals surface area contributed by atoms with Gasteiger partial charge in [-0.1, -0.05) is 18.6 Å². The molecule has 1 heterocycles. The molecule has 140 valence electrons. The highest BCUT2D eigenvalue weighted by Gasteiger charge is 2.43. The van der Waals surface area contributed by atoms with Crippen LogP contribution in [0.25, 0.3) is 0 Å². The standard InChI is InChI=1S/C17H26N4O2S.HI/c1-19-16(21-12-10-17(13-21)8-2-9-17)20-11-7-14-3-5-15(6-4-14)24(18,22)23;/h3-6H,2,7-13H2,1H3,(H,19,20)(H2,18,22,23);1H. The van der Waals surface area contributed by atoms with E-state index >= 15 is 0 Å². The van der Waals surface area contributed by atoms with Crippen LogP contribution in [-0.4, -0.2) is 46.0 Å². The number of primary sulfonamides is 1. The van der Waals surface area contributed by atoms with Gasteiger partial charge in [-0.25, -0.2) is 13.6 Å². The molecule has 2 aliphatic rings. The van der Waals surface area contributed by atoms with Crippen LogP contribution < -0.4 is 10.5 Å². The zero-order chi connectivity index (χ0) is 17.2. The third-order valence-electron chi connectivity index (χ3n) is 5.31. The molecule has 0 aromatic heterocycles. The molecule has 1 saturated heterocycles. The van der Waals surface area contributed by atoms with Gasteiger partial charge in [0.15, 0.2) is 5.96 Å². The summed E-state index contributed by atoms with van der Waals surface area (Å²) in [6, 6.07) is 6.73. The van der Waals surface area contributed by atoms with Crippen molar-refractivity contribution in [1.29, 1.82) is 0 Å².